The zero-order valence-electron chi connectivity index (χ0n) is 11.4. The van der Waals surface area contributed by atoms with E-state index in [2.05, 4.69) is 24.3 Å². The summed E-state index contributed by atoms with van der Waals surface area (Å²) >= 11 is 0. The van der Waals surface area contributed by atoms with E-state index in [-0.39, 0.29) is 6.04 Å². The zero-order chi connectivity index (χ0) is 13.5. The van der Waals surface area contributed by atoms with Gasteiger partial charge in [0.1, 0.15) is 5.75 Å². The van der Waals surface area contributed by atoms with Gasteiger partial charge < -0.3 is 10.5 Å². The Bertz CT molecular complexity index is 476. The van der Waals surface area contributed by atoms with Crippen molar-refractivity contribution < 1.29 is 4.74 Å². The van der Waals surface area contributed by atoms with Crippen molar-refractivity contribution in [2.24, 2.45) is 5.73 Å². The smallest absolute Gasteiger partial charge is 0.119 e. The molecule has 2 nitrogen and oxygen atoms in total. The number of rotatable bonds is 6. The largest absolute Gasteiger partial charge is 0.494 e. The van der Waals surface area contributed by atoms with Crippen molar-refractivity contribution in [1.29, 1.82) is 0 Å². The van der Waals surface area contributed by atoms with Gasteiger partial charge in [-0.2, -0.15) is 0 Å². The molecule has 1 unspecified atom stereocenters. The molecule has 2 heteroatoms. The Balaban J connectivity index is 1.74. The highest BCUT2D eigenvalue weighted by molar-refractivity contribution is 5.28. The molecular weight excluding hydrogens is 234 g/mol. The molecule has 2 N–H and O–H groups in total. The van der Waals surface area contributed by atoms with E-state index in [9.17, 15) is 0 Å². The summed E-state index contributed by atoms with van der Waals surface area (Å²) in [6, 6.07) is 18.6. The molecule has 0 aliphatic carbocycles. The van der Waals surface area contributed by atoms with E-state index in [0.717, 1.165) is 30.8 Å². The van der Waals surface area contributed by atoms with Crippen LogP contribution < -0.4 is 10.5 Å². The lowest BCUT2D eigenvalue weighted by Crippen LogP contribution is -2.05. The van der Waals surface area contributed by atoms with Gasteiger partial charge in [0.05, 0.1) is 6.61 Å². The summed E-state index contributed by atoms with van der Waals surface area (Å²) in [5.74, 6) is 0.914. The molecule has 0 amide bonds. The molecule has 0 saturated carbocycles. The van der Waals surface area contributed by atoms with Gasteiger partial charge >= 0.3 is 0 Å². The minimum atomic E-state index is 0.0760. The van der Waals surface area contributed by atoms with Gasteiger partial charge in [0.15, 0.2) is 0 Å². The summed E-state index contributed by atoms with van der Waals surface area (Å²) in [7, 11) is 0. The maximum absolute atomic E-state index is 5.81. The van der Waals surface area contributed by atoms with E-state index in [0.29, 0.717) is 0 Å². The van der Waals surface area contributed by atoms with Crippen LogP contribution in [0.4, 0.5) is 0 Å². The molecule has 0 fully saturated rings. The molecule has 0 saturated heterocycles. The third-order valence-electron chi connectivity index (χ3n) is 3.13. The van der Waals surface area contributed by atoms with Gasteiger partial charge in [-0.05, 0) is 43.0 Å². The van der Waals surface area contributed by atoms with Crippen molar-refractivity contribution in [3.63, 3.8) is 0 Å². The molecule has 0 aliphatic heterocycles. The maximum Gasteiger partial charge on any atom is 0.119 e. The quantitative estimate of drug-likeness (QED) is 0.798. The van der Waals surface area contributed by atoms with Crippen LogP contribution >= 0.6 is 0 Å². The average molecular weight is 255 g/mol. The summed E-state index contributed by atoms with van der Waals surface area (Å²) in [6.07, 6.45) is 2.08. The average Bonchev–Trinajstić information content (AvgIpc) is 2.45. The molecule has 0 bridgehead atoms. The fourth-order valence-electron chi connectivity index (χ4n) is 1.98. The van der Waals surface area contributed by atoms with Crippen molar-refractivity contribution in [1.82, 2.24) is 0 Å². The topological polar surface area (TPSA) is 35.2 Å². The molecule has 19 heavy (non-hydrogen) atoms. The van der Waals surface area contributed by atoms with E-state index in [1.165, 1.54) is 5.56 Å². The number of hydrogen-bond donors (Lipinski definition) is 1. The first-order valence-electron chi connectivity index (χ1n) is 6.78. The number of hydrogen-bond acceptors (Lipinski definition) is 2. The molecule has 1 atom stereocenters. The Hall–Kier alpha value is -1.80. The summed E-state index contributed by atoms with van der Waals surface area (Å²) < 4.78 is 5.72. The third-order valence-corrected chi connectivity index (χ3v) is 3.13. The van der Waals surface area contributed by atoms with E-state index < -0.39 is 0 Å². The SMILES string of the molecule is CC(N)c1ccc(OCCCc2ccccc2)cc1. The Morgan fingerprint density at radius 1 is 1.00 bits per heavy atom. The number of benzene rings is 2. The first-order chi connectivity index (χ1) is 9.25. The van der Waals surface area contributed by atoms with Gasteiger partial charge in [-0.15, -0.1) is 0 Å². The first kappa shape index (κ1) is 13.6. The van der Waals surface area contributed by atoms with Crippen LogP contribution in [-0.2, 0) is 6.42 Å². The maximum atomic E-state index is 5.81. The van der Waals surface area contributed by atoms with Crippen LogP contribution in [0.2, 0.25) is 0 Å². The normalized spacial score (nSPS) is 12.1. The van der Waals surface area contributed by atoms with Gasteiger partial charge in [-0.25, -0.2) is 0 Å². The van der Waals surface area contributed by atoms with Crippen LogP contribution in [0.1, 0.15) is 30.5 Å². The van der Waals surface area contributed by atoms with Gasteiger partial charge in [-0.3, -0.25) is 0 Å². The summed E-state index contributed by atoms with van der Waals surface area (Å²) in [5, 5.41) is 0. The molecule has 0 radical (unpaired) electrons. The van der Waals surface area contributed by atoms with Crippen LogP contribution in [-0.4, -0.2) is 6.61 Å². The Kier molecular flexibility index (Phi) is 4.99. The molecule has 2 rings (SSSR count). The lowest BCUT2D eigenvalue weighted by atomic mass is 10.1. The molecule has 0 spiro atoms. The van der Waals surface area contributed by atoms with Gasteiger partial charge in [0.2, 0.25) is 0 Å². The minimum absolute atomic E-state index is 0.0760. The summed E-state index contributed by atoms with van der Waals surface area (Å²) in [6.45, 7) is 2.72. The highest BCUT2D eigenvalue weighted by Crippen LogP contribution is 2.16. The standard InChI is InChI=1S/C17H21NO/c1-14(18)16-9-11-17(12-10-16)19-13-5-8-15-6-3-2-4-7-15/h2-4,6-7,9-12,14H,5,8,13,18H2,1H3. The van der Waals surface area contributed by atoms with Gasteiger partial charge in [0.25, 0.3) is 0 Å². The zero-order valence-corrected chi connectivity index (χ0v) is 11.4. The predicted octanol–water partition coefficient (Wildman–Crippen LogP) is 3.72. The van der Waals surface area contributed by atoms with Crippen molar-refractivity contribution in [3.05, 3.63) is 65.7 Å². The van der Waals surface area contributed by atoms with Crippen molar-refractivity contribution in [2.45, 2.75) is 25.8 Å². The Morgan fingerprint density at radius 2 is 1.68 bits per heavy atom. The number of nitrogens with two attached hydrogens (primary N) is 1. The van der Waals surface area contributed by atoms with E-state index >= 15 is 0 Å². The lowest BCUT2D eigenvalue weighted by molar-refractivity contribution is 0.311. The second-order valence-corrected chi connectivity index (χ2v) is 4.80. The number of aryl methyl sites for hydroxylation is 1. The van der Waals surface area contributed by atoms with Crippen LogP contribution in [0.15, 0.2) is 54.6 Å². The fraction of sp³-hybridized carbons (Fsp3) is 0.294. The second kappa shape index (κ2) is 6.95. The van der Waals surface area contributed by atoms with Crippen LogP contribution in [0, 0.1) is 0 Å². The lowest BCUT2D eigenvalue weighted by Gasteiger charge is -2.09. The summed E-state index contributed by atoms with van der Waals surface area (Å²) in [4.78, 5) is 0. The van der Waals surface area contributed by atoms with Crippen LogP contribution in [0.25, 0.3) is 0 Å². The molecule has 100 valence electrons. The Labute approximate surface area is 115 Å². The summed E-state index contributed by atoms with van der Waals surface area (Å²) in [5.41, 5.74) is 8.30. The molecule has 0 aliphatic rings. The van der Waals surface area contributed by atoms with Crippen LogP contribution in [0.3, 0.4) is 0 Å². The van der Waals surface area contributed by atoms with Crippen molar-refractivity contribution >= 4 is 0 Å². The first-order valence-corrected chi connectivity index (χ1v) is 6.78. The van der Waals surface area contributed by atoms with E-state index in [1.807, 2.05) is 37.3 Å². The molecule has 2 aromatic carbocycles. The molecule has 0 heterocycles. The van der Waals surface area contributed by atoms with E-state index in [4.69, 9.17) is 10.5 Å². The Morgan fingerprint density at radius 3 is 2.32 bits per heavy atom. The van der Waals surface area contributed by atoms with E-state index in [1.54, 1.807) is 0 Å². The van der Waals surface area contributed by atoms with Gasteiger partial charge in [-0.1, -0.05) is 42.5 Å². The number of ether oxygens (including phenoxy) is 1. The minimum Gasteiger partial charge on any atom is -0.494 e. The van der Waals surface area contributed by atoms with Crippen molar-refractivity contribution in [2.75, 3.05) is 6.61 Å². The third kappa shape index (κ3) is 4.42. The molecule has 0 aromatic heterocycles. The molecule has 2 aromatic rings. The predicted molar refractivity (Wildman–Crippen MR) is 79.3 cm³/mol. The highest BCUT2D eigenvalue weighted by atomic mass is 16.5. The fourth-order valence-corrected chi connectivity index (χ4v) is 1.98. The van der Waals surface area contributed by atoms with Gasteiger partial charge in [0, 0.05) is 6.04 Å². The van der Waals surface area contributed by atoms with Crippen LogP contribution in [0.5, 0.6) is 5.75 Å². The van der Waals surface area contributed by atoms with Crippen molar-refractivity contribution in [3.8, 4) is 5.75 Å². The highest BCUT2D eigenvalue weighted by Gasteiger charge is 1.99. The molecular formula is C17H21NO. The second-order valence-electron chi connectivity index (χ2n) is 4.80. The monoisotopic (exact) mass is 255 g/mol.